The Hall–Kier alpha value is -2.97. The number of rotatable bonds is 8. The van der Waals surface area contributed by atoms with Crippen LogP contribution in [0.15, 0.2) is 60.2 Å². The maximum Gasteiger partial charge on any atom is 0.415 e. The molecule has 4 rings (SSSR count). The molecule has 8 heteroatoms. The Labute approximate surface area is 186 Å². The lowest BCUT2D eigenvalue weighted by atomic mass is 10.1. The molecule has 0 atom stereocenters. The summed E-state index contributed by atoms with van der Waals surface area (Å²) in [5.41, 5.74) is 1.12. The molecular weight excluding hydrogens is 412 g/mol. The van der Waals surface area contributed by atoms with Crippen LogP contribution in [-0.2, 0) is 12.8 Å². The SMILES string of the molecule is O=C(Oc1ccc(CCOc2ccccn2)cc1)N1CCN(CCc2nccs2)CC1. The van der Waals surface area contributed by atoms with Crippen LogP contribution in [0.1, 0.15) is 10.6 Å². The fourth-order valence-electron chi connectivity index (χ4n) is 3.38. The van der Waals surface area contributed by atoms with Gasteiger partial charge in [-0.25, -0.2) is 14.8 Å². The molecule has 1 amide bonds. The van der Waals surface area contributed by atoms with Crippen molar-refractivity contribution in [3.8, 4) is 11.6 Å². The van der Waals surface area contributed by atoms with Gasteiger partial charge < -0.3 is 14.4 Å². The van der Waals surface area contributed by atoms with E-state index in [1.54, 1.807) is 22.4 Å². The molecule has 7 nitrogen and oxygen atoms in total. The highest BCUT2D eigenvalue weighted by molar-refractivity contribution is 7.09. The zero-order valence-corrected chi connectivity index (χ0v) is 18.2. The van der Waals surface area contributed by atoms with Crippen molar-refractivity contribution in [3.63, 3.8) is 0 Å². The van der Waals surface area contributed by atoms with Gasteiger partial charge in [-0.2, -0.15) is 0 Å². The molecule has 1 saturated heterocycles. The first-order chi connectivity index (χ1) is 15.3. The molecule has 162 valence electrons. The molecule has 0 spiro atoms. The number of carbonyl (C=O) groups is 1. The third-order valence-corrected chi connectivity index (χ3v) is 6.00. The fourth-order valence-corrected chi connectivity index (χ4v) is 3.99. The van der Waals surface area contributed by atoms with Gasteiger partial charge in [0.15, 0.2) is 0 Å². The maximum atomic E-state index is 12.5. The van der Waals surface area contributed by atoms with Gasteiger partial charge in [-0.15, -0.1) is 11.3 Å². The van der Waals surface area contributed by atoms with Gasteiger partial charge in [0.05, 0.1) is 11.6 Å². The highest BCUT2D eigenvalue weighted by Crippen LogP contribution is 2.15. The van der Waals surface area contributed by atoms with Gasteiger partial charge in [0.2, 0.25) is 5.88 Å². The van der Waals surface area contributed by atoms with Crippen molar-refractivity contribution in [2.75, 3.05) is 39.3 Å². The minimum absolute atomic E-state index is 0.286. The monoisotopic (exact) mass is 438 g/mol. The first-order valence-corrected chi connectivity index (χ1v) is 11.3. The standard InChI is InChI=1S/C23H26N4O3S/c28-23(27-15-13-26(14-16-27)12-8-22-25-11-18-31-22)30-20-6-4-19(5-7-20)9-17-29-21-3-1-2-10-24-21/h1-7,10-11,18H,8-9,12-17H2. The highest BCUT2D eigenvalue weighted by Gasteiger charge is 2.22. The average Bonchev–Trinajstić information content (AvgIpc) is 3.34. The van der Waals surface area contributed by atoms with Gasteiger partial charge in [-0.1, -0.05) is 18.2 Å². The van der Waals surface area contributed by atoms with E-state index in [1.807, 2.05) is 54.0 Å². The van der Waals surface area contributed by atoms with E-state index < -0.39 is 0 Å². The second kappa shape index (κ2) is 10.9. The van der Waals surface area contributed by atoms with Crippen molar-refractivity contribution in [1.82, 2.24) is 19.8 Å². The Bertz CT molecular complexity index is 927. The van der Waals surface area contributed by atoms with Crippen LogP contribution >= 0.6 is 11.3 Å². The van der Waals surface area contributed by atoms with Gasteiger partial charge in [-0.3, -0.25) is 4.90 Å². The third kappa shape index (κ3) is 6.50. The number of amides is 1. The number of hydrogen-bond donors (Lipinski definition) is 0. The zero-order chi connectivity index (χ0) is 21.3. The molecule has 0 N–H and O–H groups in total. The molecular formula is C23H26N4O3S. The van der Waals surface area contributed by atoms with E-state index in [0.29, 0.717) is 31.3 Å². The molecule has 1 aliphatic heterocycles. The van der Waals surface area contributed by atoms with Crippen LogP contribution in [-0.4, -0.2) is 65.2 Å². The predicted octanol–water partition coefficient (Wildman–Crippen LogP) is 3.52. The summed E-state index contributed by atoms with van der Waals surface area (Å²) in [5.74, 6) is 1.18. The number of nitrogens with zero attached hydrogens (tertiary/aromatic N) is 4. The quantitative estimate of drug-likeness (QED) is 0.536. The second-order valence-electron chi connectivity index (χ2n) is 7.28. The van der Waals surface area contributed by atoms with Crippen molar-refractivity contribution in [1.29, 1.82) is 0 Å². The Morgan fingerprint density at radius 2 is 1.81 bits per heavy atom. The molecule has 2 aromatic heterocycles. The number of piperazine rings is 1. The van der Waals surface area contributed by atoms with Gasteiger partial charge in [-0.05, 0) is 23.8 Å². The smallest absolute Gasteiger partial charge is 0.415 e. The molecule has 31 heavy (non-hydrogen) atoms. The molecule has 0 saturated carbocycles. The van der Waals surface area contributed by atoms with E-state index in [-0.39, 0.29) is 6.09 Å². The van der Waals surface area contributed by atoms with Crippen LogP contribution < -0.4 is 9.47 Å². The number of hydrogen-bond acceptors (Lipinski definition) is 7. The first-order valence-electron chi connectivity index (χ1n) is 10.5. The van der Waals surface area contributed by atoms with Crippen molar-refractivity contribution in [2.24, 2.45) is 0 Å². The minimum atomic E-state index is -0.286. The van der Waals surface area contributed by atoms with Crippen LogP contribution in [0.2, 0.25) is 0 Å². The topological polar surface area (TPSA) is 67.8 Å². The van der Waals surface area contributed by atoms with Crippen LogP contribution in [0.5, 0.6) is 11.6 Å². The molecule has 0 aliphatic carbocycles. The Kier molecular flexibility index (Phi) is 7.46. The van der Waals surface area contributed by atoms with Gasteiger partial charge in [0, 0.05) is 69.4 Å². The van der Waals surface area contributed by atoms with Crippen LogP contribution in [0.4, 0.5) is 4.79 Å². The number of aromatic nitrogens is 2. The summed E-state index contributed by atoms with van der Waals surface area (Å²) in [7, 11) is 0. The summed E-state index contributed by atoms with van der Waals surface area (Å²) < 4.78 is 11.2. The average molecular weight is 439 g/mol. The van der Waals surface area contributed by atoms with Gasteiger partial charge >= 0.3 is 6.09 Å². The number of carbonyl (C=O) groups excluding carboxylic acids is 1. The number of thiazole rings is 1. The lowest BCUT2D eigenvalue weighted by Gasteiger charge is -2.33. The zero-order valence-electron chi connectivity index (χ0n) is 17.4. The summed E-state index contributed by atoms with van der Waals surface area (Å²) in [6.45, 7) is 4.59. The molecule has 1 aliphatic rings. The van der Waals surface area contributed by atoms with Crippen LogP contribution in [0.3, 0.4) is 0 Å². The van der Waals surface area contributed by atoms with Gasteiger partial charge in [0.1, 0.15) is 5.75 Å². The van der Waals surface area contributed by atoms with E-state index in [4.69, 9.17) is 9.47 Å². The largest absolute Gasteiger partial charge is 0.477 e. The van der Waals surface area contributed by atoms with Gasteiger partial charge in [0.25, 0.3) is 0 Å². The number of pyridine rings is 1. The summed E-state index contributed by atoms with van der Waals surface area (Å²) in [6, 6.07) is 13.2. The molecule has 0 unspecified atom stereocenters. The summed E-state index contributed by atoms with van der Waals surface area (Å²) in [4.78, 5) is 25.1. The van der Waals surface area contributed by atoms with E-state index >= 15 is 0 Å². The predicted molar refractivity (Wildman–Crippen MR) is 120 cm³/mol. The summed E-state index contributed by atoms with van der Waals surface area (Å²) >= 11 is 1.69. The van der Waals surface area contributed by atoms with Crippen LogP contribution in [0.25, 0.3) is 0 Å². The summed E-state index contributed by atoms with van der Waals surface area (Å²) in [5, 5.41) is 3.17. The van der Waals surface area contributed by atoms with Crippen LogP contribution in [0, 0.1) is 0 Å². The molecule has 0 bridgehead atoms. The van der Waals surface area contributed by atoms with E-state index in [0.717, 1.165) is 43.0 Å². The third-order valence-electron chi connectivity index (χ3n) is 5.16. The van der Waals surface area contributed by atoms with Crippen molar-refractivity contribution < 1.29 is 14.3 Å². The molecule has 1 fully saturated rings. The molecule has 1 aromatic carbocycles. The van der Waals surface area contributed by atoms with E-state index in [9.17, 15) is 4.79 Å². The lowest BCUT2D eigenvalue weighted by molar-refractivity contribution is 0.111. The Morgan fingerprint density at radius 3 is 2.52 bits per heavy atom. The van der Waals surface area contributed by atoms with Crippen molar-refractivity contribution >= 4 is 17.4 Å². The van der Waals surface area contributed by atoms with Crippen molar-refractivity contribution in [3.05, 3.63) is 70.8 Å². The van der Waals surface area contributed by atoms with E-state index in [2.05, 4.69) is 14.9 Å². The highest BCUT2D eigenvalue weighted by atomic mass is 32.1. The Balaban J connectivity index is 1.16. The lowest BCUT2D eigenvalue weighted by Crippen LogP contribution is -2.49. The normalized spacial score (nSPS) is 14.4. The molecule has 3 heterocycles. The first kappa shape index (κ1) is 21.3. The number of ether oxygens (including phenoxy) is 2. The maximum absolute atomic E-state index is 12.5. The van der Waals surface area contributed by atoms with E-state index in [1.165, 1.54) is 0 Å². The fraction of sp³-hybridized carbons (Fsp3) is 0.348. The second-order valence-corrected chi connectivity index (χ2v) is 8.26. The van der Waals surface area contributed by atoms with Crippen molar-refractivity contribution in [2.45, 2.75) is 12.8 Å². The Morgan fingerprint density at radius 1 is 0.968 bits per heavy atom. The number of benzene rings is 1. The molecule has 3 aromatic rings. The molecule has 0 radical (unpaired) electrons. The minimum Gasteiger partial charge on any atom is -0.477 e. The summed E-state index contributed by atoms with van der Waals surface area (Å²) in [6.07, 6.45) is 4.98.